The molecule has 1 aliphatic heterocycles. The van der Waals surface area contributed by atoms with Crippen LogP contribution in [0.2, 0.25) is 0 Å². The topological polar surface area (TPSA) is 26.3 Å². The Bertz CT molecular complexity index is 764. The number of esters is 1. The Morgan fingerprint density at radius 2 is 2.19 bits per heavy atom. The van der Waals surface area contributed by atoms with Gasteiger partial charge in [-0.05, 0) is 35.8 Å². The molecule has 1 unspecified atom stereocenters. The maximum absolute atomic E-state index is 11.7. The highest BCUT2D eigenvalue weighted by atomic mass is 79.9. The van der Waals surface area contributed by atoms with Crippen LogP contribution in [0.4, 0.5) is 0 Å². The molecule has 3 rings (SSSR count). The van der Waals surface area contributed by atoms with Gasteiger partial charge in [0.15, 0.2) is 0 Å². The molecule has 2 nitrogen and oxygen atoms in total. The molecular weight excluding hydrogens is 348 g/mol. The largest absolute Gasteiger partial charge is 0.459 e. The highest BCUT2D eigenvalue weighted by molar-refractivity contribution is 9.10. The molecule has 0 N–H and O–H groups in total. The first-order valence-corrected chi connectivity index (χ1v) is 8.46. The average molecular weight is 363 g/mol. The van der Waals surface area contributed by atoms with Gasteiger partial charge in [-0.15, -0.1) is 11.3 Å². The first kappa shape index (κ1) is 14.6. The van der Waals surface area contributed by atoms with E-state index in [0.717, 1.165) is 15.8 Å². The number of benzene rings is 1. The number of carbonyl (C=O) groups excluding carboxylic acids is 1. The quantitative estimate of drug-likeness (QED) is 0.540. The van der Waals surface area contributed by atoms with Crippen molar-refractivity contribution in [1.29, 1.82) is 0 Å². The molecular formula is C17H15BrO2S. The van der Waals surface area contributed by atoms with E-state index in [2.05, 4.69) is 39.9 Å². The van der Waals surface area contributed by atoms with Crippen molar-refractivity contribution in [1.82, 2.24) is 0 Å². The van der Waals surface area contributed by atoms with Crippen LogP contribution in [0.3, 0.4) is 0 Å². The first-order chi connectivity index (χ1) is 9.96. The zero-order valence-electron chi connectivity index (χ0n) is 11.9. The summed E-state index contributed by atoms with van der Waals surface area (Å²) < 4.78 is 7.59. The zero-order chi connectivity index (χ0) is 15.0. The number of rotatable bonds is 1. The highest BCUT2D eigenvalue weighted by Gasteiger charge is 2.39. The fourth-order valence-electron chi connectivity index (χ4n) is 2.58. The molecule has 0 saturated carbocycles. The van der Waals surface area contributed by atoms with E-state index in [4.69, 9.17) is 4.74 Å². The Kier molecular flexibility index (Phi) is 3.81. The summed E-state index contributed by atoms with van der Waals surface area (Å²) in [6, 6.07) is 8.22. The summed E-state index contributed by atoms with van der Waals surface area (Å²) >= 11 is 5.28. The Hall–Kier alpha value is -1.31. The Labute approximate surface area is 136 Å². The Morgan fingerprint density at radius 3 is 2.86 bits per heavy atom. The summed E-state index contributed by atoms with van der Waals surface area (Å²) in [5.41, 5.74) is -0.346. The molecule has 0 aliphatic carbocycles. The van der Waals surface area contributed by atoms with Crippen molar-refractivity contribution in [2.45, 2.75) is 32.3 Å². The lowest BCUT2D eigenvalue weighted by molar-refractivity contribution is -0.148. The van der Waals surface area contributed by atoms with Gasteiger partial charge in [0.2, 0.25) is 0 Å². The molecule has 0 amide bonds. The molecule has 1 fully saturated rings. The number of ether oxygens (including phenoxy) is 1. The van der Waals surface area contributed by atoms with Crippen molar-refractivity contribution in [3.8, 4) is 11.8 Å². The summed E-state index contributed by atoms with van der Waals surface area (Å²) in [5, 5.41) is 1.19. The van der Waals surface area contributed by atoms with Crippen LogP contribution in [-0.4, -0.2) is 11.6 Å². The number of halogens is 1. The van der Waals surface area contributed by atoms with Gasteiger partial charge in [0.05, 0.1) is 15.3 Å². The van der Waals surface area contributed by atoms with Crippen LogP contribution in [0, 0.1) is 17.8 Å². The zero-order valence-corrected chi connectivity index (χ0v) is 14.3. The molecule has 2 heterocycles. The maximum atomic E-state index is 11.7. The second-order valence-electron chi connectivity index (χ2n) is 5.83. The Balaban J connectivity index is 1.78. The van der Waals surface area contributed by atoms with Crippen LogP contribution in [0.1, 0.15) is 31.6 Å². The molecule has 1 aliphatic rings. The smallest absolute Gasteiger partial charge is 0.310 e. The van der Waals surface area contributed by atoms with Crippen molar-refractivity contribution in [2.24, 2.45) is 5.92 Å². The van der Waals surface area contributed by atoms with Crippen molar-refractivity contribution in [2.75, 3.05) is 0 Å². The van der Waals surface area contributed by atoms with Gasteiger partial charge < -0.3 is 4.74 Å². The van der Waals surface area contributed by atoms with E-state index in [1.54, 1.807) is 11.3 Å². The summed E-state index contributed by atoms with van der Waals surface area (Å²) in [4.78, 5) is 12.8. The molecule has 21 heavy (non-hydrogen) atoms. The average Bonchev–Trinajstić information content (AvgIpc) is 2.88. The van der Waals surface area contributed by atoms with Crippen molar-refractivity contribution in [3.63, 3.8) is 0 Å². The second-order valence-corrected chi connectivity index (χ2v) is 7.67. The molecule has 4 heteroatoms. The monoisotopic (exact) mass is 362 g/mol. The number of hydrogen-bond donors (Lipinski definition) is 0. The summed E-state index contributed by atoms with van der Waals surface area (Å²) in [5.74, 6) is 6.12. The summed E-state index contributed by atoms with van der Waals surface area (Å²) in [7, 11) is 0. The van der Waals surface area contributed by atoms with E-state index < -0.39 is 0 Å². The van der Waals surface area contributed by atoms with Gasteiger partial charge in [-0.3, -0.25) is 4.79 Å². The van der Waals surface area contributed by atoms with E-state index in [1.165, 1.54) is 10.1 Å². The first-order valence-electron chi connectivity index (χ1n) is 6.85. The van der Waals surface area contributed by atoms with Gasteiger partial charge >= 0.3 is 5.97 Å². The molecule has 0 spiro atoms. The lowest BCUT2D eigenvalue weighted by Crippen LogP contribution is -2.17. The van der Waals surface area contributed by atoms with E-state index in [1.807, 2.05) is 26.0 Å². The number of thiophene rings is 1. The number of fused-ring (bicyclic) bond motifs is 1. The molecule has 1 saturated heterocycles. The minimum atomic E-state index is -0.346. The van der Waals surface area contributed by atoms with Gasteiger partial charge in [-0.25, -0.2) is 0 Å². The normalized spacial score (nSPS) is 20.1. The second kappa shape index (κ2) is 5.47. The standard InChI is InChI=1S/C17H15BrO2S/c1-17(2)10-11(16(19)20-17)6-5-9-14-15(18)12-7-3-4-8-13(12)21-14/h3-4,7-8,11H,6,10H2,1-2H3. The third-order valence-electron chi connectivity index (χ3n) is 3.53. The van der Waals surface area contributed by atoms with Crippen molar-refractivity contribution in [3.05, 3.63) is 33.6 Å². The minimum absolute atomic E-state index is 0.0966. The van der Waals surface area contributed by atoms with E-state index >= 15 is 0 Å². The van der Waals surface area contributed by atoms with Gasteiger partial charge in [-0.1, -0.05) is 30.0 Å². The van der Waals surface area contributed by atoms with Crippen LogP contribution >= 0.6 is 27.3 Å². The van der Waals surface area contributed by atoms with Gasteiger partial charge in [-0.2, -0.15) is 0 Å². The van der Waals surface area contributed by atoms with Gasteiger partial charge in [0, 0.05) is 22.9 Å². The number of cyclic esters (lactones) is 1. The lowest BCUT2D eigenvalue weighted by Gasteiger charge is -2.14. The molecule has 0 bridgehead atoms. The third-order valence-corrected chi connectivity index (χ3v) is 5.71. The van der Waals surface area contributed by atoms with Gasteiger partial charge in [0.1, 0.15) is 5.60 Å². The van der Waals surface area contributed by atoms with Crippen LogP contribution in [0.25, 0.3) is 10.1 Å². The summed E-state index contributed by atoms with van der Waals surface area (Å²) in [6.07, 6.45) is 1.30. The van der Waals surface area contributed by atoms with E-state index in [0.29, 0.717) is 6.42 Å². The van der Waals surface area contributed by atoms with E-state index in [-0.39, 0.29) is 17.5 Å². The fourth-order valence-corrected chi connectivity index (χ4v) is 4.37. The van der Waals surface area contributed by atoms with E-state index in [9.17, 15) is 4.79 Å². The summed E-state index contributed by atoms with van der Waals surface area (Å²) in [6.45, 7) is 3.89. The van der Waals surface area contributed by atoms with Crippen LogP contribution in [0.15, 0.2) is 28.7 Å². The van der Waals surface area contributed by atoms with Crippen LogP contribution in [0.5, 0.6) is 0 Å². The molecule has 1 aromatic carbocycles. The predicted molar refractivity (Wildman–Crippen MR) is 89.3 cm³/mol. The van der Waals surface area contributed by atoms with Crippen LogP contribution in [-0.2, 0) is 9.53 Å². The minimum Gasteiger partial charge on any atom is -0.459 e. The van der Waals surface area contributed by atoms with Crippen molar-refractivity contribution >= 4 is 43.3 Å². The Morgan fingerprint density at radius 1 is 1.43 bits per heavy atom. The van der Waals surface area contributed by atoms with Gasteiger partial charge in [0.25, 0.3) is 0 Å². The molecule has 2 aromatic rings. The molecule has 1 aromatic heterocycles. The molecule has 108 valence electrons. The number of hydrogen-bond acceptors (Lipinski definition) is 3. The fraction of sp³-hybridized carbons (Fsp3) is 0.353. The molecule has 0 radical (unpaired) electrons. The predicted octanol–water partition coefficient (Wildman–Crippen LogP) is 4.75. The maximum Gasteiger partial charge on any atom is 0.310 e. The number of carbonyl (C=O) groups is 1. The van der Waals surface area contributed by atoms with Crippen LogP contribution < -0.4 is 0 Å². The lowest BCUT2D eigenvalue weighted by atomic mass is 9.95. The van der Waals surface area contributed by atoms with Crippen molar-refractivity contribution < 1.29 is 9.53 Å². The SMILES string of the molecule is CC1(C)CC(CC#Cc2sc3ccccc3c2Br)C(=O)O1. The molecule has 1 atom stereocenters. The highest BCUT2D eigenvalue weighted by Crippen LogP contribution is 2.35. The third kappa shape index (κ3) is 3.00.